The van der Waals surface area contributed by atoms with Gasteiger partial charge in [0.2, 0.25) is 6.10 Å². The fraction of sp³-hybridized carbons (Fsp3) is 0.125. The molecule has 0 saturated heterocycles. The minimum absolute atomic E-state index is 0.0685. The Morgan fingerprint density at radius 1 is 1.33 bits per heavy atom. The Morgan fingerprint density at radius 2 is 2.04 bits per heavy atom. The van der Waals surface area contributed by atoms with Crippen molar-refractivity contribution in [3.63, 3.8) is 0 Å². The third kappa shape index (κ3) is 4.87. The van der Waals surface area contributed by atoms with Crippen LogP contribution in [0.2, 0.25) is 0 Å². The number of oxime groups is 1. The van der Waals surface area contributed by atoms with E-state index in [2.05, 4.69) is 10.5 Å². The van der Waals surface area contributed by atoms with Crippen molar-refractivity contribution in [1.82, 2.24) is 0 Å². The van der Waals surface area contributed by atoms with Crippen molar-refractivity contribution < 1.29 is 18.9 Å². The van der Waals surface area contributed by atoms with Crippen molar-refractivity contribution in [3.05, 3.63) is 70.0 Å². The van der Waals surface area contributed by atoms with E-state index in [1.165, 1.54) is 55.6 Å². The van der Waals surface area contributed by atoms with E-state index in [4.69, 9.17) is 4.84 Å². The Labute approximate surface area is 136 Å². The highest BCUT2D eigenvalue weighted by atomic mass is 19.1. The number of nitro groups is 1. The number of nitrogens with zero attached hydrogens (tertiary/aromatic N) is 2. The highest BCUT2D eigenvalue weighted by Crippen LogP contribution is 2.12. The Morgan fingerprint density at radius 3 is 2.71 bits per heavy atom. The van der Waals surface area contributed by atoms with Crippen LogP contribution in [0, 0.1) is 15.9 Å². The first kappa shape index (κ1) is 17.1. The molecule has 0 bridgehead atoms. The molecule has 0 heterocycles. The predicted molar refractivity (Wildman–Crippen MR) is 86.3 cm³/mol. The fourth-order valence-electron chi connectivity index (χ4n) is 1.73. The molecule has 0 saturated carbocycles. The first-order valence-corrected chi connectivity index (χ1v) is 6.96. The van der Waals surface area contributed by atoms with E-state index in [1.807, 2.05) is 0 Å². The van der Waals surface area contributed by atoms with Crippen molar-refractivity contribution in [2.45, 2.75) is 13.0 Å². The second-order valence-electron chi connectivity index (χ2n) is 4.83. The number of carbonyl (C=O) groups is 1. The van der Waals surface area contributed by atoms with E-state index >= 15 is 0 Å². The molecule has 2 rings (SSSR count). The highest BCUT2D eigenvalue weighted by Gasteiger charge is 2.14. The van der Waals surface area contributed by atoms with E-state index in [0.29, 0.717) is 11.3 Å². The van der Waals surface area contributed by atoms with Gasteiger partial charge < -0.3 is 10.2 Å². The standard InChI is InChI=1S/C16H14FN3O4/c1-11(16(21)19-14-7-5-13(17)6-8-14)24-18-10-12-3-2-4-15(9-12)20(22)23/h2-11H,1H3,(H,19,21)/b18-10+. The Balaban J connectivity index is 1.90. The molecule has 0 aliphatic heterocycles. The molecule has 0 aliphatic rings. The predicted octanol–water partition coefficient (Wildman–Crippen LogP) is 3.11. The topological polar surface area (TPSA) is 93.8 Å². The summed E-state index contributed by atoms with van der Waals surface area (Å²) in [7, 11) is 0. The fourth-order valence-corrected chi connectivity index (χ4v) is 1.73. The van der Waals surface area contributed by atoms with E-state index in [0.717, 1.165) is 0 Å². The zero-order valence-electron chi connectivity index (χ0n) is 12.7. The van der Waals surface area contributed by atoms with Crippen molar-refractivity contribution in [1.29, 1.82) is 0 Å². The third-order valence-electron chi connectivity index (χ3n) is 2.98. The summed E-state index contributed by atoms with van der Waals surface area (Å²) in [5.74, 6) is -0.864. The van der Waals surface area contributed by atoms with Crippen LogP contribution in [0.1, 0.15) is 12.5 Å². The number of rotatable bonds is 6. The Kier molecular flexibility index (Phi) is 5.56. The Hall–Kier alpha value is -3.29. The molecule has 2 aromatic carbocycles. The summed E-state index contributed by atoms with van der Waals surface area (Å²) in [6.45, 7) is 1.49. The number of hydrogen-bond acceptors (Lipinski definition) is 5. The molecule has 1 N–H and O–H groups in total. The van der Waals surface area contributed by atoms with Crippen LogP contribution in [-0.4, -0.2) is 23.1 Å². The summed E-state index contributed by atoms with van der Waals surface area (Å²) in [4.78, 5) is 27.1. The SMILES string of the molecule is CC(O/N=C/c1cccc([N+](=O)[O-])c1)C(=O)Nc1ccc(F)cc1. The smallest absolute Gasteiger partial charge is 0.270 e. The number of non-ortho nitro benzene ring substituents is 1. The molecule has 2 aromatic rings. The first-order chi connectivity index (χ1) is 11.5. The minimum Gasteiger partial charge on any atom is -0.383 e. The highest BCUT2D eigenvalue weighted by molar-refractivity contribution is 5.93. The number of anilines is 1. The largest absolute Gasteiger partial charge is 0.383 e. The lowest BCUT2D eigenvalue weighted by Crippen LogP contribution is -2.26. The van der Waals surface area contributed by atoms with Gasteiger partial charge in [0, 0.05) is 23.4 Å². The normalized spacial score (nSPS) is 11.9. The van der Waals surface area contributed by atoms with Crippen molar-refractivity contribution in [3.8, 4) is 0 Å². The number of carbonyl (C=O) groups excluding carboxylic acids is 1. The van der Waals surface area contributed by atoms with Gasteiger partial charge in [-0.2, -0.15) is 0 Å². The van der Waals surface area contributed by atoms with Crippen LogP contribution in [0.15, 0.2) is 53.7 Å². The van der Waals surface area contributed by atoms with Crippen LogP contribution >= 0.6 is 0 Å². The second-order valence-corrected chi connectivity index (χ2v) is 4.83. The molecule has 1 unspecified atom stereocenters. The average Bonchev–Trinajstić information content (AvgIpc) is 2.57. The molecular weight excluding hydrogens is 317 g/mol. The molecule has 24 heavy (non-hydrogen) atoms. The van der Waals surface area contributed by atoms with Gasteiger partial charge in [0.25, 0.3) is 11.6 Å². The molecule has 7 nitrogen and oxygen atoms in total. The van der Waals surface area contributed by atoms with E-state index in [9.17, 15) is 19.3 Å². The van der Waals surface area contributed by atoms with Gasteiger partial charge in [0.15, 0.2) is 0 Å². The van der Waals surface area contributed by atoms with Gasteiger partial charge in [0.1, 0.15) is 5.82 Å². The van der Waals surface area contributed by atoms with Crippen molar-refractivity contribution in [2.24, 2.45) is 5.16 Å². The first-order valence-electron chi connectivity index (χ1n) is 6.96. The lowest BCUT2D eigenvalue weighted by atomic mass is 10.2. The molecule has 0 radical (unpaired) electrons. The summed E-state index contributed by atoms with van der Waals surface area (Å²) in [6, 6.07) is 11.1. The quantitative estimate of drug-likeness (QED) is 0.500. The van der Waals surface area contributed by atoms with E-state index in [1.54, 1.807) is 6.07 Å². The zero-order chi connectivity index (χ0) is 17.5. The maximum atomic E-state index is 12.8. The monoisotopic (exact) mass is 331 g/mol. The van der Waals surface area contributed by atoms with Crippen LogP contribution in [0.5, 0.6) is 0 Å². The molecular formula is C16H14FN3O4. The van der Waals surface area contributed by atoms with Gasteiger partial charge >= 0.3 is 0 Å². The van der Waals surface area contributed by atoms with Crippen LogP contribution in [-0.2, 0) is 9.63 Å². The number of halogens is 1. The molecule has 0 aliphatic carbocycles. The summed E-state index contributed by atoms with van der Waals surface area (Å²) >= 11 is 0. The number of hydrogen-bond donors (Lipinski definition) is 1. The van der Waals surface area contributed by atoms with Gasteiger partial charge in [-0.25, -0.2) is 4.39 Å². The van der Waals surface area contributed by atoms with Gasteiger partial charge in [-0.3, -0.25) is 14.9 Å². The van der Waals surface area contributed by atoms with E-state index < -0.39 is 22.8 Å². The van der Waals surface area contributed by atoms with Crippen LogP contribution in [0.3, 0.4) is 0 Å². The number of nitro benzene ring substituents is 1. The number of amides is 1. The minimum atomic E-state index is -0.898. The average molecular weight is 331 g/mol. The summed E-state index contributed by atoms with van der Waals surface area (Å²) in [6.07, 6.45) is 0.374. The van der Waals surface area contributed by atoms with Crippen LogP contribution in [0.4, 0.5) is 15.8 Å². The van der Waals surface area contributed by atoms with Gasteiger partial charge in [-0.05, 0) is 31.2 Å². The summed E-state index contributed by atoms with van der Waals surface area (Å²) in [5, 5.41) is 16.9. The molecule has 1 atom stereocenters. The molecule has 1 amide bonds. The second kappa shape index (κ2) is 7.82. The summed E-state index contributed by atoms with van der Waals surface area (Å²) in [5.41, 5.74) is 0.830. The van der Waals surface area contributed by atoms with Crippen LogP contribution in [0.25, 0.3) is 0 Å². The van der Waals surface area contributed by atoms with Crippen molar-refractivity contribution in [2.75, 3.05) is 5.32 Å². The maximum Gasteiger partial charge on any atom is 0.270 e. The molecule has 0 spiro atoms. The number of nitrogens with one attached hydrogen (secondary N) is 1. The number of benzene rings is 2. The van der Waals surface area contributed by atoms with Gasteiger partial charge in [0.05, 0.1) is 11.1 Å². The zero-order valence-corrected chi connectivity index (χ0v) is 12.7. The molecule has 0 aromatic heterocycles. The molecule has 0 fully saturated rings. The lowest BCUT2D eigenvalue weighted by molar-refractivity contribution is -0.384. The third-order valence-corrected chi connectivity index (χ3v) is 2.98. The molecule has 8 heteroatoms. The van der Waals surface area contributed by atoms with Crippen molar-refractivity contribution >= 4 is 23.5 Å². The maximum absolute atomic E-state index is 12.8. The van der Waals surface area contributed by atoms with Crippen LogP contribution < -0.4 is 5.32 Å². The van der Waals surface area contributed by atoms with Gasteiger partial charge in [-0.1, -0.05) is 17.3 Å². The summed E-state index contributed by atoms with van der Waals surface area (Å²) < 4.78 is 12.8. The molecule has 124 valence electrons. The van der Waals surface area contributed by atoms with E-state index in [-0.39, 0.29) is 5.69 Å². The Bertz CT molecular complexity index is 762. The lowest BCUT2D eigenvalue weighted by Gasteiger charge is -2.10. The van der Waals surface area contributed by atoms with Gasteiger partial charge in [-0.15, -0.1) is 0 Å².